The average Bonchev–Trinajstić information content (AvgIpc) is 1.82. The van der Waals surface area contributed by atoms with E-state index in [0.29, 0.717) is 0 Å². The van der Waals surface area contributed by atoms with Gasteiger partial charge in [-0.3, -0.25) is 0 Å². The Kier molecular flexibility index (Phi) is 2.07. The second kappa shape index (κ2) is 2.79. The molecule has 0 unspecified atom stereocenters. The summed E-state index contributed by atoms with van der Waals surface area (Å²) in [5.74, 6) is 4.71. The van der Waals surface area contributed by atoms with E-state index >= 15 is 0 Å². The molecule has 4 fully saturated rings. The Morgan fingerprint density at radius 3 is 0.818 bits per heavy atom. The summed E-state index contributed by atoms with van der Waals surface area (Å²) < 4.78 is 0. The van der Waals surface area contributed by atoms with Crippen molar-refractivity contribution in [1.82, 2.24) is 0 Å². The van der Waals surface area contributed by atoms with Crippen LogP contribution >= 0.6 is 0 Å². The molecular formula is C10H16Ge. The first-order valence-corrected chi connectivity index (χ1v) is 4.90. The van der Waals surface area contributed by atoms with Crippen molar-refractivity contribution in [2.45, 2.75) is 38.5 Å². The van der Waals surface area contributed by atoms with Crippen LogP contribution in [0.2, 0.25) is 0 Å². The first kappa shape index (κ1) is 8.16. The third-order valence-electron chi connectivity index (χ3n) is 4.00. The van der Waals surface area contributed by atoms with Gasteiger partial charge in [0.15, 0.2) is 0 Å². The first-order valence-electron chi connectivity index (χ1n) is 4.90. The summed E-state index contributed by atoms with van der Waals surface area (Å²) in [4.78, 5) is 0. The maximum atomic E-state index is 1.60. The Bertz CT molecular complexity index is 96.4. The molecule has 1 heteroatoms. The van der Waals surface area contributed by atoms with Crippen LogP contribution in [0.5, 0.6) is 0 Å². The molecule has 0 aliphatic heterocycles. The fraction of sp³-hybridized carbons (Fsp3) is 1.00. The van der Waals surface area contributed by atoms with E-state index in [1.807, 2.05) is 0 Å². The van der Waals surface area contributed by atoms with Gasteiger partial charge in [-0.1, -0.05) is 0 Å². The van der Waals surface area contributed by atoms with Gasteiger partial charge in [0.25, 0.3) is 0 Å². The van der Waals surface area contributed by atoms with Gasteiger partial charge in [0.2, 0.25) is 0 Å². The Labute approximate surface area is 80.1 Å². The minimum Gasteiger partial charge on any atom is -0.0475 e. The summed E-state index contributed by atoms with van der Waals surface area (Å²) in [7, 11) is 0. The largest absolute Gasteiger partial charge is 0.0475 e. The van der Waals surface area contributed by atoms with Crippen molar-refractivity contribution in [2.75, 3.05) is 0 Å². The molecule has 0 heterocycles. The monoisotopic (exact) mass is 210 g/mol. The van der Waals surface area contributed by atoms with E-state index in [2.05, 4.69) is 0 Å². The van der Waals surface area contributed by atoms with Crippen LogP contribution in [-0.4, -0.2) is 17.6 Å². The number of hydrogen-bond acceptors (Lipinski definition) is 0. The van der Waals surface area contributed by atoms with Crippen LogP contribution in [0.1, 0.15) is 38.5 Å². The maximum absolute atomic E-state index is 1.60. The molecule has 0 atom stereocenters. The third kappa shape index (κ3) is 1.28. The van der Waals surface area contributed by atoms with E-state index in [1.54, 1.807) is 38.5 Å². The summed E-state index contributed by atoms with van der Waals surface area (Å²) in [6, 6.07) is 0. The Balaban J connectivity index is 0.000000480. The van der Waals surface area contributed by atoms with Gasteiger partial charge in [-0.05, 0) is 62.2 Å². The first-order chi connectivity index (χ1) is 4.90. The second-order valence-corrected chi connectivity index (χ2v) is 4.88. The summed E-state index contributed by atoms with van der Waals surface area (Å²) in [6.45, 7) is 0. The van der Waals surface area contributed by atoms with Crippen LogP contribution in [-0.2, 0) is 0 Å². The fourth-order valence-corrected chi connectivity index (χ4v) is 3.98. The van der Waals surface area contributed by atoms with E-state index in [0.717, 1.165) is 0 Å². The van der Waals surface area contributed by atoms with E-state index in [1.165, 1.54) is 23.7 Å². The topological polar surface area (TPSA) is 0 Å². The molecule has 0 nitrogen and oxygen atoms in total. The molecule has 11 heavy (non-hydrogen) atoms. The van der Waals surface area contributed by atoms with Crippen molar-refractivity contribution in [2.24, 2.45) is 23.7 Å². The standard InChI is InChI=1S/C10H16.Ge/c1-7-2-9-4-8(1)5-10(3-7)6-9;/h7-10H,1-6H2;. The minimum atomic E-state index is 0. The molecule has 4 aliphatic carbocycles. The smallest absolute Gasteiger partial charge is 0 e. The molecule has 0 spiro atoms. The zero-order valence-corrected chi connectivity index (χ0v) is 9.15. The van der Waals surface area contributed by atoms with Crippen LogP contribution < -0.4 is 0 Å². The van der Waals surface area contributed by atoms with Gasteiger partial charge in [-0.25, -0.2) is 0 Å². The Morgan fingerprint density at radius 1 is 0.455 bits per heavy atom. The summed E-state index contributed by atoms with van der Waals surface area (Å²) in [5, 5.41) is 0. The van der Waals surface area contributed by atoms with Crippen molar-refractivity contribution in [3.63, 3.8) is 0 Å². The average molecular weight is 209 g/mol. The van der Waals surface area contributed by atoms with Gasteiger partial charge in [0.1, 0.15) is 0 Å². The van der Waals surface area contributed by atoms with Gasteiger partial charge in [-0.15, -0.1) is 0 Å². The summed E-state index contributed by atoms with van der Waals surface area (Å²) >= 11 is 0. The van der Waals surface area contributed by atoms with Crippen LogP contribution in [0.4, 0.5) is 0 Å². The molecule has 4 rings (SSSR count). The van der Waals surface area contributed by atoms with Crippen LogP contribution in [0.3, 0.4) is 0 Å². The molecule has 0 amide bonds. The number of hydrogen-bond donors (Lipinski definition) is 0. The molecule has 0 aromatic heterocycles. The molecule has 0 saturated heterocycles. The predicted octanol–water partition coefficient (Wildman–Crippen LogP) is 2.45. The maximum Gasteiger partial charge on any atom is 0 e. The van der Waals surface area contributed by atoms with Gasteiger partial charge >= 0.3 is 0 Å². The summed E-state index contributed by atoms with van der Waals surface area (Å²) in [6.07, 6.45) is 9.62. The van der Waals surface area contributed by atoms with Crippen molar-refractivity contribution in [3.05, 3.63) is 0 Å². The Hall–Kier alpha value is 0.543. The van der Waals surface area contributed by atoms with Crippen LogP contribution in [0, 0.1) is 23.7 Å². The van der Waals surface area contributed by atoms with Crippen molar-refractivity contribution in [3.8, 4) is 0 Å². The predicted molar refractivity (Wildman–Crippen MR) is 47.4 cm³/mol. The van der Waals surface area contributed by atoms with Gasteiger partial charge in [0.05, 0.1) is 0 Å². The molecule has 0 aromatic rings. The van der Waals surface area contributed by atoms with Gasteiger partial charge < -0.3 is 0 Å². The molecule has 60 valence electrons. The molecule has 4 saturated carbocycles. The fourth-order valence-electron chi connectivity index (χ4n) is 3.98. The molecule has 0 N–H and O–H groups in total. The SMILES string of the molecule is C1C2CC3CC1CC(C2)C3.[Ge]. The van der Waals surface area contributed by atoms with E-state index < -0.39 is 0 Å². The number of rotatable bonds is 0. The molecular weight excluding hydrogens is 193 g/mol. The van der Waals surface area contributed by atoms with Gasteiger partial charge in [-0.2, -0.15) is 0 Å². The Morgan fingerprint density at radius 2 is 0.636 bits per heavy atom. The zero-order valence-electron chi connectivity index (χ0n) is 7.05. The zero-order chi connectivity index (χ0) is 6.55. The third-order valence-corrected chi connectivity index (χ3v) is 4.00. The van der Waals surface area contributed by atoms with E-state index in [-0.39, 0.29) is 17.6 Å². The quantitative estimate of drug-likeness (QED) is 0.537. The van der Waals surface area contributed by atoms with Gasteiger partial charge in [0, 0.05) is 17.6 Å². The van der Waals surface area contributed by atoms with Crippen molar-refractivity contribution >= 4 is 17.6 Å². The molecule has 4 aliphatic rings. The van der Waals surface area contributed by atoms with Crippen molar-refractivity contribution in [1.29, 1.82) is 0 Å². The van der Waals surface area contributed by atoms with E-state index in [9.17, 15) is 0 Å². The van der Waals surface area contributed by atoms with E-state index in [4.69, 9.17) is 0 Å². The summed E-state index contributed by atoms with van der Waals surface area (Å²) in [5.41, 5.74) is 0. The molecule has 4 radical (unpaired) electrons. The molecule has 0 aromatic carbocycles. The minimum absolute atomic E-state index is 0. The normalized spacial score (nSPS) is 52.4. The van der Waals surface area contributed by atoms with Crippen LogP contribution in [0.25, 0.3) is 0 Å². The van der Waals surface area contributed by atoms with Crippen LogP contribution in [0.15, 0.2) is 0 Å². The molecule has 4 bridgehead atoms. The second-order valence-electron chi connectivity index (χ2n) is 4.88. The van der Waals surface area contributed by atoms with Crippen molar-refractivity contribution < 1.29 is 0 Å².